The van der Waals surface area contributed by atoms with E-state index in [0.717, 1.165) is 23.7 Å². The molecular weight excluding hydrogens is 431 g/mol. The van der Waals surface area contributed by atoms with Crippen LogP contribution in [0.15, 0.2) is 71.6 Å². The quantitative estimate of drug-likeness (QED) is 0.424. The maximum Gasteiger partial charge on any atom is 0.263 e. The van der Waals surface area contributed by atoms with Crippen LogP contribution in [0.25, 0.3) is 11.0 Å². The van der Waals surface area contributed by atoms with Crippen molar-refractivity contribution < 1.29 is 17.6 Å². The minimum absolute atomic E-state index is 0.0649. The number of imidazole rings is 1. The number of fused-ring (bicyclic) bond motifs is 1. The lowest BCUT2D eigenvalue weighted by molar-refractivity contribution is 0.102. The molecule has 7 nitrogen and oxygen atoms in total. The van der Waals surface area contributed by atoms with Gasteiger partial charge in [0.15, 0.2) is 0 Å². The fourth-order valence-electron chi connectivity index (χ4n) is 2.77. The van der Waals surface area contributed by atoms with Crippen LogP contribution in [0.2, 0.25) is 5.02 Å². The second-order valence-electron chi connectivity index (χ2n) is 6.31. The summed E-state index contributed by atoms with van der Waals surface area (Å²) in [6.45, 7) is 0. The van der Waals surface area contributed by atoms with Gasteiger partial charge < -0.3 is 4.98 Å². The van der Waals surface area contributed by atoms with Gasteiger partial charge in [-0.2, -0.15) is 0 Å². The first kappa shape index (κ1) is 19.9. The summed E-state index contributed by atoms with van der Waals surface area (Å²) < 4.78 is 40.8. The lowest BCUT2D eigenvalue weighted by Crippen LogP contribution is -2.17. The van der Waals surface area contributed by atoms with Crippen LogP contribution in [0.5, 0.6) is 0 Å². The molecule has 0 aliphatic carbocycles. The molecule has 4 rings (SSSR count). The highest BCUT2D eigenvalue weighted by Gasteiger charge is 2.21. The number of benzene rings is 3. The largest absolute Gasteiger partial charge is 0.324 e. The normalized spacial score (nSPS) is 11.4. The number of rotatable bonds is 5. The first-order chi connectivity index (χ1) is 14.3. The minimum atomic E-state index is -4.11. The maximum absolute atomic E-state index is 13.0. The standard InChI is InChI=1S/C20H14ClFN4O3S/c21-15-10-5-12(19(27)25-20-23-16-3-1-2-4-17(16)24-20)11-18(15)30(28,29)26-14-8-6-13(22)7-9-14/h1-11,26H,(H2,23,24,25,27). The SMILES string of the molecule is O=C(Nc1nc2ccccc2[nH]1)c1ccc(Cl)c(S(=O)(=O)Nc2ccc(F)cc2)c1. The number of halogens is 2. The zero-order valence-corrected chi connectivity index (χ0v) is 16.8. The van der Waals surface area contributed by atoms with Crippen molar-refractivity contribution in [2.45, 2.75) is 4.90 Å². The molecule has 1 amide bonds. The van der Waals surface area contributed by atoms with Gasteiger partial charge in [0.1, 0.15) is 10.7 Å². The van der Waals surface area contributed by atoms with E-state index in [1.165, 1.54) is 24.3 Å². The molecule has 0 bridgehead atoms. The second-order valence-corrected chi connectivity index (χ2v) is 8.37. The van der Waals surface area contributed by atoms with E-state index < -0.39 is 21.7 Å². The van der Waals surface area contributed by atoms with Gasteiger partial charge in [-0.15, -0.1) is 0 Å². The predicted molar refractivity (Wildman–Crippen MR) is 113 cm³/mol. The Morgan fingerprint density at radius 1 is 1.03 bits per heavy atom. The lowest BCUT2D eigenvalue weighted by atomic mass is 10.2. The van der Waals surface area contributed by atoms with Crippen LogP contribution >= 0.6 is 11.6 Å². The lowest BCUT2D eigenvalue weighted by Gasteiger charge is -2.11. The third-order valence-corrected chi connectivity index (χ3v) is 6.06. The van der Waals surface area contributed by atoms with E-state index >= 15 is 0 Å². The fourth-order valence-corrected chi connectivity index (χ4v) is 4.36. The number of nitrogens with one attached hydrogen (secondary N) is 3. The van der Waals surface area contributed by atoms with Crippen LogP contribution in [-0.2, 0) is 10.0 Å². The Kier molecular flexibility index (Phi) is 5.15. The summed E-state index contributed by atoms with van der Waals surface area (Å²) in [7, 11) is -4.11. The predicted octanol–water partition coefficient (Wildman–Crippen LogP) is 4.41. The molecule has 152 valence electrons. The summed E-state index contributed by atoms with van der Waals surface area (Å²) in [6, 6.07) is 15.9. The first-order valence-corrected chi connectivity index (χ1v) is 10.5. The molecule has 0 atom stereocenters. The molecule has 0 saturated carbocycles. The Bertz CT molecular complexity index is 1320. The van der Waals surface area contributed by atoms with E-state index in [-0.39, 0.29) is 27.1 Å². The topological polar surface area (TPSA) is 104 Å². The van der Waals surface area contributed by atoms with Crippen molar-refractivity contribution in [2.75, 3.05) is 10.0 Å². The summed E-state index contributed by atoms with van der Waals surface area (Å²) in [5.74, 6) is -0.839. The number of carbonyl (C=O) groups is 1. The summed E-state index contributed by atoms with van der Waals surface area (Å²) in [5.41, 5.74) is 1.65. The van der Waals surface area contributed by atoms with Gasteiger partial charge in [0, 0.05) is 11.3 Å². The number of para-hydroxylation sites is 2. The zero-order chi connectivity index (χ0) is 21.3. The number of amides is 1. The maximum atomic E-state index is 13.0. The third-order valence-electron chi connectivity index (χ3n) is 4.20. The van der Waals surface area contributed by atoms with Crippen LogP contribution in [-0.4, -0.2) is 24.3 Å². The Hall–Kier alpha value is -3.43. The van der Waals surface area contributed by atoms with Crippen molar-refractivity contribution in [3.8, 4) is 0 Å². The molecule has 1 heterocycles. The van der Waals surface area contributed by atoms with Crippen molar-refractivity contribution in [3.05, 3.63) is 83.1 Å². The fraction of sp³-hybridized carbons (Fsp3) is 0. The molecule has 0 aliphatic heterocycles. The molecule has 0 spiro atoms. The second kappa shape index (κ2) is 7.77. The molecule has 10 heteroatoms. The van der Waals surface area contributed by atoms with E-state index in [4.69, 9.17) is 11.6 Å². The smallest absolute Gasteiger partial charge is 0.263 e. The van der Waals surface area contributed by atoms with Crippen LogP contribution < -0.4 is 10.0 Å². The molecule has 0 fully saturated rings. The van der Waals surface area contributed by atoms with Crippen molar-refractivity contribution >= 4 is 50.2 Å². The zero-order valence-electron chi connectivity index (χ0n) is 15.2. The van der Waals surface area contributed by atoms with Gasteiger partial charge in [-0.05, 0) is 54.6 Å². The van der Waals surface area contributed by atoms with Gasteiger partial charge in [-0.1, -0.05) is 23.7 Å². The Balaban J connectivity index is 1.60. The average molecular weight is 445 g/mol. The number of hydrogen-bond donors (Lipinski definition) is 3. The molecule has 4 aromatic rings. The van der Waals surface area contributed by atoms with E-state index in [9.17, 15) is 17.6 Å². The summed E-state index contributed by atoms with van der Waals surface area (Å²) >= 11 is 6.06. The van der Waals surface area contributed by atoms with E-state index in [1.807, 2.05) is 18.2 Å². The highest BCUT2D eigenvalue weighted by Crippen LogP contribution is 2.26. The van der Waals surface area contributed by atoms with Crippen LogP contribution in [0.3, 0.4) is 0 Å². The van der Waals surface area contributed by atoms with Gasteiger partial charge in [0.2, 0.25) is 5.95 Å². The Labute approximate surface area is 176 Å². The van der Waals surface area contributed by atoms with Crippen LogP contribution in [0.1, 0.15) is 10.4 Å². The number of aromatic nitrogens is 2. The van der Waals surface area contributed by atoms with Crippen molar-refractivity contribution in [1.82, 2.24) is 9.97 Å². The van der Waals surface area contributed by atoms with Gasteiger partial charge >= 0.3 is 0 Å². The number of aromatic amines is 1. The first-order valence-electron chi connectivity index (χ1n) is 8.66. The molecule has 30 heavy (non-hydrogen) atoms. The molecular formula is C20H14ClFN4O3S. The number of H-pyrrole nitrogens is 1. The number of anilines is 2. The van der Waals surface area contributed by atoms with Crippen LogP contribution in [0.4, 0.5) is 16.0 Å². The summed E-state index contributed by atoms with van der Waals surface area (Å²) in [6.07, 6.45) is 0. The minimum Gasteiger partial charge on any atom is -0.324 e. The van der Waals surface area contributed by atoms with Crippen LogP contribution in [0, 0.1) is 5.82 Å². The third kappa shape index (κ3) is 4.12. The average Bonchev–Trinajstić information content (AvgIpc) is 3.12. The summed E-state index contributed by atoms with van der Waals surface area (Å²) in [5, 5.41) is 2.53. The van der Waals surface area contributed by atoms with Gasteiger partial charge in [-0.3, -0.25) is 14.8 Å². The molecule has 3 N–H and O–H groups in total. The number of sulfonamides is 1. The van der Waals surface area contributed by atoms with Gasteiger partial charge in [-0.25, -0.2) is 17.8 Å². The number of carbonyl (C=O) groups excluding carboxylic acids is 1. The molecule has 1 aromatic heterocycles. The van der Waals surface area contributed by atoms with Crippen molar-refractivity contribution in [1.29, 1.82) is 0 Å². The number of nitrogens with zero attached hydrogens (tertiary/aromatic N) is 1. The highest BCUT2D eigenvalue weighted by molar-refractivity contribution is 7.92. The van der Waals surface area contributed by atoms with Gasteiger partial charge in [0.25, 0.3) is 15.9 Å². The van der Waals surface area contributed by atoms with Crippen molar-refractivity contribution in [3.63, 3.8) is 0 Å². The van der Waals surface area contributed by atoms with Crippen molar-refractivity contribution in [2.24, 2.45) is 0 Å². The molecule has 0 unspecified atom stereocenters. The molecule has 3 aromatic carbocycles. The summed E-state index contributed by atoms with van der Waals surface area (Å²) in [4.78, 5) is 19.5. The van der Waals surface area contributed by atoms with Gasteiger partial charge in [0.05, 0.1) is 16.1 Å². The van der Waals surface area contributed by atoms with E-state index in [1.54, 1.807) is 6.07 Å². The Morgan fingerprint density at radius 2 is 1.77 bits per heavy atom. The molecule has 0 saturated heterocycles. The monoisotopic (exact) mass is 444 g/mol. The van der Waals surface area contributed by atoms with E-state index in [2.05, 4.69) is 20.0 Å². The van der Waals surface area contributed by atoms with E-state index in [0.29, 0.717) is 5.52 Å². The highest BCUT2D eigenvalue weighted by atomic mass is 35.5. The number of hydrogen-bond acceptors (Lipinski definition) is 4. The Morgan fingerprint density at radius 3 is 2.50 bits per heavy atom. The molecule has 0 radical (unpaired) electrons. The molecule has 0 aliphatic rings.